The van der Waals surface area contributed by atoms with Crippen molar-refractivity contribution in [3.05, 3.63) is 0 Å². The van der Waals surface area contributed by atoms with Crippen LogP contribution in [-0.4, -0.2) is 19.9 Å². The first-order valence-corrected chi connectivity index (χ1v) is 2.02. The summed E-state index contributed by atoms with van der Waals surface area (Å²) in [5.74, 6) is 0. The summed E-state index contributed by atoms with van der Waals surface area (Å²) in [6.45, 7) is -0.132. The first-order chi connectivity index (χ1) is 3.81. The molecule has 0 aromatic carbocycles. The molecule has 0 aromatic rings. The lowest BCUT2D eigenvalue weighted by molar-refractivity contribution is -0.236. The second kappa shape index (κ2) is 4.35. The average molecular weight is 120 g/mol. The fraction of sp³-hybridized carbons (Fsp3) is 0.667. The molecule has 1 amide bonds. The molecule has 3 N–H and O–H groups in total. The lowest BCUT2D eigenvalue weighted by atomic mass is 11.1. The maximum absolute atomic E-state index is 10.1. The lowest BCUT2D eigenvalue weighted by Gasteiger charge is -1.96. The van der Waals surface area contributed by atoms with E-state index in [1.165, 1.54) is 7.05 Å². The van der Waals surface area contributed by atoms with Gasteiger partial charge in [-0.1, -0.05) is 0 Å². The molecule has 0 aliphatic heterocycles. The Hall–Kier alpha value is -0.810. The van der Waals surface area contributed by atoms with Crippen LogP contribution in [0.2, 0.25) is 0 Å². The van der Waals surface area contributed by atoms with Gasteiger partial charge in [0, 0.05) is 7.05 Å². The van der Waals surface area contributed by atoms with E-state index >= 15 is 0 Å². The predicted octanol–water partition coefficient (Wildman–Crippen LogP) is -0.810. The van der Waals surface area contributed by atoms with Gasteiger partial charge >= 0.3 is 6.09 Å². The summed E-state index contributed by atoms with van der Waals surface area (Å²) in [6.07, 6.45) is -0.657. The maximum atomic E-state index is 10.1. The Labute approximate surface area is 46.7 Å². The van der Waals surface area contributed by atoms with Gasteiger partial charge in [0.2, 0.25) is 0 Å². The van der Waals surface area contributed by atoms with Crippen LogP contribution in [0.15, 0.2) is 0 Å². The van der Waals surface area contributed by atoms with Crippen molar-refractivity contribution in [1.29, 1.82) is 0 Å². The van der Waals surface area contributed by atoms with Gasteiger partial charge in [-0.25, -0.2) is 4.79 Å². The molecule has 0 radical (unpaired) electrons. The zero-order valence-corrected chi connectivity index (χ0v) is 4.51. The van der Waals surface area contributed by atoms with E-state index in [1.807, 2.05) is 0 Å². The van der Waals surface area contributed by atoms with E-state index in [0.29, 0.717) is 0 Å². The van der Waals surface area contributed by atoms with Crippen molar-refractivity contribution in [1.82, 2.24) is 5.32 Å². The Kier molecular flexibility index (Phi) is 3.91. The number of hydrogen-bond donors (Lipinski definition) is 2. The van der Waals surface area contributed by atoms with E-state index in [-0.39, 0.29) is 6.73 Å². The molecule has 0 unspecified atom stereocenters. The van der Waals surface area contributed by atoms with Crippen molar-refractivity contribution >= 4 is 6.09 Å². The van der Waals surface area contributed by atoms with Crippen LogP contribution in [0.3, 0.4) is 0 Å². The minimum Gasteiger partial charge on any atom is -0.322 e. The van der Waals surface area contributed by atoms with Crippen LogP contribution in [-0.2, 0) is 9.78 Å². The first kappa shape index (κ1) is 7.19. The van der Waals surface area contributed by atoms with Crippen LogP contribution < -0.4 is 11.1 Å². The SMILES string of the molecule is CNC(=O)OOCN. The van der Waals surface area contributed by atoms with Crippen LogP contribution in [0.5, 0.6) is 0 Å². The number of carbonyl (C=O) groups excluding carboxylic acids is 1. The molecular formula is C3H8N2O3. The summed E-state index contributed by atoms with van der Waals surface area (Å²) in [6, 6.07) is 0. The third kappa shape index (κ3) is 3.38. The largest absolute Gasteiger partial charge is 0.438 e. The normalized spacial score (nSPS) is 8.25. The fourth-order valence-electron chi connectivity index (χ4n) is 0.129. The fourth-order valence-corrected chi connectivity index (χ4v) is 0.129. The van der Waals surface area contributed by atoms with Gasteiger partial charge in [-0.3, -0.25) is 4.89 Å². The molecule has 0 aliphatic carbocycles. The summed E-state index contributed by atoms with van der Waals surface area (Å²) in [4.78, 5) is 18.1. The van der Waals surface area contributed by atoms with Gasteiger partial charge in [-0.05, 0) is 0 Å². The van der Waals surface area contributed by atoms with E-state index < -0.39 is 6.09 Å². The van der Waals surface area contributed by atoms with Gasteiger partial charge in [0.1, 0.15) is 6.73 Å². The Bertz CT molecular complexity index is 74.9. The number of carbonyl (C=O) groups is 1. The zero-order valence-electron chi connectivity index (χ0n) is 4.51. The third-order valence-corrected chi connectivity index (χ3v) is 0.407. The summed E-state index contributed by atoms with van der Waals surface area (Å²) in [5, 5.41) is 2.16. The van der Waals surface area contributed by atoms with Crippen molar-refractivity contribution in [2.75, 3.05) is 13.8 Å². The van der Waals surface area contributed by atoms with Crippen LogP contribution >= 0.6 is 0 Å². The molecule has 0 fully saturated rings. The molecular weight excluding hydrogens is 112 g/mol. The monoisotopic (exact) mass is 120 g/mol. The highest BCUT2D eigenvalue weighted by Crippen LogP contribution is 1.73. The number of nitrogens with one attached hydrogen (secondary N) is 1. The van der Waals surface area contributed by atoms with E-state index in [2.05, 4.69) is 15.1 Å². The van der Waals surface area contributed by atoms with E-state index in [1.54, 1.807) is 0 Å². The minimum atomic E-state index is -0.657. The zero-order chi connectivity index (χ0) is 6.41. The highest BCUT2D eigenvalue weighted by atomic mass is 17.2. The van der Waals surface area contributed by atoms with Crippen molar-refractivity contribution in [3.63, 3.8) is 0 Å². The third-order valence-electron chi connectivity index (χ3n) is 0.407. The molecule has 0 aliphatic rings. The topological polar surface area (TPSA) is 73.6 Å². The van der Waals surface area contributed by atoms with Gasteiger partial charge < -0.3 is 11.1 Å². The highest BCUT2D eigenvalue weighted by Gasteiger charge is 1.93. The van der Waals surface area contributed by atoms with E-state index in [0.717, 1.165) is 0 Å². The second-order valence-corrected chi connectivity index (χ2v) is 0.905. The number of nitrogens with two attached hydrogens (primary N) is 1. The smallest absolute Gasteiger partial charge is 0.322 e. The van der Waals surface area contributed by atoms with Crippen molar-refractivity contribution in [3.8, 4) is 0 Å². The number of amides is 1. The molecule has 0 aromatic heterocycles. The van der Waals surface area contributed by atoms with Gasteiger partial charge in [-0.2, -0.15) is 4.89 Å². The van der Waals surface area contributed by atoms with Gasteiger partial charge in [0.05, 0.1) is 0 Å². The summed E-state index contributed by atoms with van der Waals surface area (Å²) >= 11 is 0. The second-order valence-electron chi connectivity index (χ2n) is 0.905. The molecule has 48 valence electrons. The van der Waals surface area contributed by atoms with Crippen molar-refractivity contribution in [2.24, 2.45) is 5.73 Å². The molecule has 0 saturated heterocycles. The lowest BCUT2D eigenvalue weighted by Crippen LogP contribution is -2.21. The van der Waals surface area contributed by atoms with Gasteiger partial charge in [0.15, 0.2) is 0 Å². The maximum Gasteiger partial charge on any atom is 0.438 e. The Balaban J connectivity index is 2.99. The Morgan fingerprint density at radius 2 is 2.50 bits per heavy atom. The Morgan fingerprint density at radius 3 is 2.88 bits per heavy atom. The highest BCUT2D eigenvalue weighted by molar-refractivity contribution is 5.65. The quantitative estimate of drug-likeness (QED) is 0.284. The first-order valence-electron chi connectivity index (χ1n) is 2.02. The van der Waals surface area contributed by atoms with E-state index in [9.17, 15) is 4.79 Å². The Morgan fingerprint density at radius 1 is 1.88 bits per heavy atom. The van der Waals surface area contributed by atoms with Crippen molar-refractivity contribution in [2.45, 2.75) is 0 Å². The van der Waals surface area contributed by atoms with Gasteiger partial charge in [-0.15, -0.1) is 0 Å². The molecule has 8 heavy (non-hydrogen) atoms. The number of rotatable bonds is 2. The van der Waals surface area contributed by atoms with Crippen molar-refractivity contribution < 1.29 is 14.6 Å². The number of hydrogen-bond acceptors (Lipinski definition) is 4. The van der Waals surface area contributed by atoms with Crippen LogP contribution in [0, 0.1) is 0 Å². The molecule has 0 bridgehead atoms. The minimum absolute atomic E-state index is 0.132. The van der Waals surface area contributed by atoms with Gasteiger partial charge in [0.25, 0.3) is 0 Å². The molecule has 5 nitrogen and oxygen atoms in total. The summed E-state index contributed by atoms with van der Waals surface area (Å²) in [5.41, 5.74) is 4.80. The standard InChI is InChI=1S/C3H8N2O3/c1-5-3(6)8-7-2-4/h2,4H2,1H3,(H,5,6). The molecule has 5 heteroatoms. The molecule has 0 rings (SSSR count). The van der Waals surface area contributed by atoms with E-state index in [4.69, 9.17) is 5.73 Å². The molecule has 0 saturated carbocycles. The van der Waals surface area contributed by atoms with Crippen LogP contribution in [0.25, 0.3) is 0 Å². The van der Waals surface area contributed by atoms with Crippen LogP contribution in [0.4, 0.5) is 4.79 Å². The summed E-state index contributed by atoms with van der Waals surface area (Å²) < 4.78 is 0. The van der Waals surface area contributed by atoms with Crippen LogP contribution in [0.1, 0.15) is 0 Å². The predicted molar refractivity (Wildman–Crippen MR) is 25.7 cm³/mol. The molecule has 0 heterocycles. The average Bonchev–Trinajstić information content (AvgIpc) is 1.83. The summed E-state index contributed by atoms with van der Waals surface area (Å²) in [7, 11) is 1.42. The molecule has 0 spiro atoms. The molecule has 0 atom stereocenters.